The normalized spacial score (nSPS) is 17.5. The smallest absolute Gasteiger partial charge is 0.266 e. The Balaban J connectivity index is 2.10. The molecule has 1 fully saturated rings. The maximum atomic E-state index is 12.1. The van der Waals surface area contributed by atoms with E-state index in [2.05, 4.69) is 6.92 Å². The second-order valence-electron chi connectivity index (χ2n) is 4.20. The van der Waals surface area contributed by atoms with E-state index in [0.29, 0.717) is 22.5 Å². The molecule has 1 aliphatic rings. The molecule has 0 aliphatic heterocycles. The Bertz CT molecular complexity index is 370. The Morgan fingerprint density at radius 2 is 2.33 bits per heavy atom. The molecule has 15 heavy (non-hydrogen) atoms. The van der Waals surface area contributed by atoms with Gasteiger partial charge in [0.2, 0.25) is 0 Å². The number of nitrogens with zero attached hydrogens (tertiary/aromatic N) is 1. The second kappa shape index (κ2) is 3.85. The fourth-order valence-corrected chi connectivity index (χ4v) is 2.53. The highest BCUT2D eigenvalue weighted by Crippen LogP contribution is 2.35. The molecule has 3 nitrogen and oxygen atoms in total. The molecule has 82 valence electrons. The van der Waals surface area contributed by atoms with Gasteiger partial charge in [0.25, 0.3) is 5.91 Å². The summed E-state index contributed by atoms with van der Waals surface area (Å²) in [4.78, 5) is 14.5. The van der Waals surface area contributed by atoms with Gasteiger partial charge in [-0.15, -0.1) is 11.3 Å². The van der Waals surface area contributed by atoms with Gasteiger partial charge in [0.05, 0.1) is 5.69 Å². The van der Waals surface area contributed by atoms with E-state index in [-0.39, 0.29) is 5.91 Å². The zero-order valence-electron chi connectivity index (χ0n) is 9.06. The van der Waals surface area contributed by atoms with Crippen LogP contribution in [0.15, 0.2) is 11.4 Å². The van der Waals surface area contributed by atoms with Crippen LogP contribution in [0.3, 0.4) is 0 Å². The van der Waals surface area contributed by atoms with Gasteiger partial charge in [-0.1, -0.05) is 0 Å². The predicted molar refractivity (Wildman–Crippen MR) is 63.0 cm³/mol. The van der Waals surface area contributed by atoms with E-state index in [1.165, 1.54) is 24.2 Å². The van der Waals surface area contributed by atoms with E-state index in [9.17, 15) is 4.79 Å². The van der Waals surface area contributed by atoms with Crippen molar-refractivity contribution in [2.24, 2.45) is 5.92 Å². The number of nitrogens with two attached hydrogens (primary N) is 1. The molecule has 4 heteroatoms. The average Bonchev–Trinajstić information content (AvgIpc) is 2.98. The molecule has 0 saturated heterocycles. The number of amides is 1. The molecule has 1 aromatic rings. The maximum absolute atomic E-state index is 12.1. The second-order valence-corrected chi connectivity index (χ2v) is 5.12. The van der Waals surface area contributed by atoms with Crippen LogP contribution in [-0.4, -0.2) is 23.9 Å². The standard InChI is InChI=1S/C11H16N2OS/c1-7(8-3-4-8)13(2)11(14)10-9(12)5-6-15-10/h5-8H,3-4,12H2,1-2H3. The largest absolute Gasteiger partial charge is 0.397 e. The molecule has 2 rings (SSSR count). The van der Waals surface area contributed by atoms with Crippen molar-refractivity contribution in [1.29, 1.82) is 0 Å². The van der Waals surface area contributed by atoms with Crippen molar-refractivity contribution in [3.63, 3.8) is 0 Å². The fraction of sp³-hybridized carbons (Fsp3) is 0.545. The van der Waals surface area contributed by atoms with Crippen LogP contribution in [0.4, 0.5) is 5.69 Å². The molecule has 1 unspecified atom stereocenters. The molecule has 1 aromatic heterocycles. The SMILES string of the molecule is CC(C1CC1)N(C)C(=O)c1sccc1N. The first-order chi connectivity index (χ1) is 7.11. The van der Waals surface area contributed by atoms with Gasteiger partial charge in [-0.25, -0.2) is 0 Å². The molecule has 0 bridgehead atoms. The van der Waals surface area contributed by atoms with E-state index in [4.69, 9.17) is 5.73 Å². The first-order valence-electron chi connectivity index (χ1n) is 5.21. The molecule has 1 atom stereocenters. The van der Waals surface area contributed by atoms with Crippen molar-refractivity contribution in [3.8, 4) is 0 Å². The monoisotopic (exact) mass is 224 g/mol. The van der Waals surface area contributed by atoms with E-state index in [1.807, 2.05) is 17.3 Å². The molecular formula is C11H16N2OS. The molecule has 0 spiro atoms. The lowest BCUT2D eigenvalue weighted by molar-refractivity contribution is 0.0733. The van der Waals surface area contributed by atoms with Gasteiger partial charge in [-0.2, -0.15) is 0 Å². The Morgan fingerprint density at radius 1 is 1.67 bits per heavy atom. The van der Waals surface area contributed by atoms with Gasteiger partial charge in [-0.3, -0.25) is 4.79 Å². The lowest BCUT2D eigenvalue weighted by Crippen LogP contribution is -2.36. The summed E-state index contributed by atoms with van der Waals surface area (Å²) in [6.07, 6.45) is 2.50. The highest BCUT2D eigenvalue weighted by molar-refractivity contribution is 7.12. The van der Waals surface area contributed by atoms with Crippen LogP contribution >= 0.6 is 11.3 Å². The van der Waals surface area contributed by atoms with Crippen molar-refractivity contribution < 1.29 is 4.79 Å². The number of nitrogen functional groups attached to an aromatic ring is 1. The van der Waals surface area contributed by atoms with E-state index in [0.717, 1.165) is 0 Å². The highest BCUT2D eigenvalue weighted by atomic mass is 32.1. The number of rotatable bonds is 3. The molecule has 1 amide bonds. The van der Waals surface area contributed by atoms with Crippen molar-refractivity contribution >= 4 is 22.9 Å². The number of hydrogen-bond donors (Lipinski definition) is 1. The maximum Gasteiger partial charge on any atom is 0.266 e. The minimum Gasteiger partial charge on any atom is -0.397 e. The Hall–Kier alpha value is -1.03. The van der Waals surface area contributed by atoms with Gasteiger partial charge in [0, 0.05) is 13.1 Å². The predicted octanol–water partition coefficient (Wildman–Crippen LogP) is 2.20. The Morgan fingerprint density at radius 3 is 2.80 bits per heavy atom. The van der Waals surface area contributed by atoms with Gasteiger partial charge in [0.1, 0.15) is 4.88 Å². The van der Waals surface area contributed by atoms with Crippen LogP contribution in [0, 0.1) is 5.92 Å². The van der Waals surface area contributed by atoms with Crippen LogP contribution in [0.1, 0.15) is 29.4 Å². The fourth-order valence-electron chi connectivity index (χ4n) is 1.73. The Kier molecular flexibility index (Phi) is 2.69. The summed E-state index contributed by atoms with van der Waals surface area (Å²) >= 11 is 1.42. The molecular weight excluding hydrogens is 208 g/mol. The van der Waals surface area contributed by atoms with Gasteiger partial charge in [-0.05, 0) is 37.1 Å². The summed E-state index contributed by atoms with van der Waals surface area (Å²) < 4.78 is 0. The molecule has 1 aliphatic carbocycles. The number of thiophene rings is 1. The highest BCUT2D eigenvalue weighted by Gasteiger charge is 2.33. The van der Waals surface area contributed by atoms with Crippen LogP contribution in [-0.2, 0) is 0 Å². The summed E-state index contributed by atoms with van der Waals surface area (Å²) in [5.41, 5.74) is 6.33. The van der Waals surface area contributed by atoms with Crippen molar-refractivity contribution in [2.75, 3.05) is 12.8 Å². The van der Waals surface area contributed by atoms with Crippen LogP contribution in [0.5, 0.6) is 0 Å². The summed E-state index contributed by atoms with van der Waals surface area (Å²) in [6, 6.07) is 2.12. The number of carbonyl (C=O) groups is 1. The summed E-state index contributed by atoms with van der Waals surface area (Å²) in [6.45, 7) is 2.11. The Labute approximate surface area is 93.9 Å². The lowest BCUT2D eigenvalue weighted by Gasteiger charge is -2.24. The number of carbonyl (C=O) groups excluding carboxylic acids is 1. The average molecular weight is 224 g/mol. The third kappa shape index (κ3) is 2.00. The van der Waals surface area contributed by atoms with Crippen LogP contribution in [0.25, 0.3) is 0 Å². The van der Waals surface area contributed by atoms with Crippen molar-refractivity contribution in [2.45, 2.75) is 25.8 Å². The topological polar surface area (TPSA) is 46.3 Å². The van der Waals surface area contributed by atoms with E-state index in [1.54, 1.807) is 6.07 Å². The summed E-state index contributed by atoms with van der Waals surface area (Å²) in [5.74, 6) is 0.752. The van der Waals surface area contributed by atoms with Gasteiger partial charge < -0.3 is 10.6 Å². The number of anilines is 1. The minimum atomic E-state index is 0.0573. The lowest BCUT2D eigenvalue weighted by atomic mass is 10.2. The third-order valence-corrected chi connectivity index (χ3v) is 4.04. The summed E-state index contributed by atoms with van der Waals surface area (Å²) in [7, 11) is 1.87. The zero-order chi connectivity index (χ0) is 11.0. The van der Waals surface area contributed by atoms with E-state index < -0.39 is 0 Å². The van der Waals surface area contributed by atoms with Gasteiger partial charge in [0.15, 0.2) is 0 Å². The quantitative estimate of drug-likeness (QED) is 0.855. The van der Waals surface area contributed by atoms with Crippen molar-refractivity contribution in [1.82, 2.24) is 4.90 Å². The first-order valence-corrected chi connectivity index (χ1v) is 6.09. The molecule has 0 aromatic carbocycles. The van der Waals surface area contributed by atoms with Gasteiger partial charge >= 0.3 is 0 Å². The van der Waals surface area contributed by atoms with E-state index >= 15 is 0 Å². The molecule has 0 radical (unpaired) electrons. The molecule has 1 saturated carbocycles. The van der Waals surface area contributed by atoms with Crippen LogP contribution < -0.4 is 5.73 Å². The summed E-state index contributed by atoms with van der Waals surface area (Å²) in [5, 5.41) is 1.86. The number of hydrogen-bond acceptors (Lipinski definition) is 3. The molecule has 2 N–H and O–H groups in total. The molecule has 1 heterocycles. The minimum absolute atomic E-state index is 0.0573. The third-order valence-electron chi connectivity index (χ3n) is 3.13. The first kappa shape index (κ1) is 10.5. The van der Waals surface area contributed by atoms with Crippen molar-refractivity contribution in [3.05, 3.63) is 16.3 Å². The zero-order valence-corrected chi connectivity index (χ0v) is 9.88. The van der Waals surface area contributed by atoms with Crippen LogP contribution in [0.2, 0.25) is 0 Å².